The molecule has 1 aliphatic rings. The first-order chi connectivity index (χ1) is 8.39. The van der Waals surface area contributed by atoms with Gasteiger partial charge in [-0.1, -0.05) is 27.7 Å². The highest BCUT2D eigenvalue weighted by Gasteiger charge is 2.32. The first kappa shape index (κ1) is 13.4. The second-order valence-electron chi connectivity index (χ2n) is 6.77. The van der Waals surface area contributed by atoms with Crippen LogP contribution in [0.3, 0.4) is 0 Å². The molecular weight excluding hydrogens is 222 g/mol. The minimum atomic E-state index is 0.462. The summed E-state index contributed by atoms with van der Waals surface area (Å²) in [5, 5.41) is 8.23. The number of rotatable bonds is 3. The van der Waals surface area contributed by atoms with Gasteiger partial charge in [-0.15, -0.1) is 0 Å². The average Bonchev–Trinajstić information content (AvgIpc) is 2.55. The Labute approximate surface area is 111 Å². The van der Waals surface area contributed by atoms with E-state index in [1.807, 2.05) is 11.7 Å². The van der Waals surface area contributed by atoms with Crippen molar-refractivity contribution in [3.63, 3.8) is 0 Å². The monoisotopic (exact) mass is 249 g/mol. The van der Waals surface area contributed by atoms with Crippen LogP contribution in [0.15, 0.2) is 6.20 Å². The van der Waals surface area contributed by atoms with E-state index in [9.17, 15) is 0 Å². The summed E-state index contributed by atoms with van der Waals surface area (Å²) in [5.41, 5.74) is 2.88. The van der Waals surface area contributed by atoms with Crippen molar-refractivity contribution < 1.29 is 0 Å². The molecule has 102 valence electrons. The van der Waals surface area contributed by atoms with Crippen LogP contribution in [-0.2, 0) is 13.5 Å². The lowest BCUT2D eigenvalue weighted by Gasteiger charge is -2.39. The Bertz CT molecular complexity index is 406. The number of hydrogen-bond donors (Lipinski definition) is 1. The van der Waals surface area contributed by atoms with Crippen molar-refractivity contribution in [2.45, 2.75) is 59.4 Å². The summed E-state index contributed by atoms with van der Waals surface area (Å²) < 4.78 is 1.92. The summed E-state index contributed by atoms with van der Waals surface area (Å²) in [4.78, 5) is 0. The van der Waals surface area contributed by atoms with Gasteiger partial charge in [0.1, 0.15) is 0 Å². The third-order valence-corrected chi connectivity index (χ3v) is 3.99. The first-order valence-corrected chi connectivity index (χ1v) is 7.18. The van der Waals surface area contributed by atoms with E-state index in [-0.39, 0.29) is 0 Å². The molecule has 18 heavy (non-hydrogen) atoms. The van der Waals surface area contributed by atoms with E-state index in [1.54, 1.807) is 0 Å². The summed E-state index contributed by atoms with van der Waals surface area (Å²) in [5.74, 6) is 0.813. The van der Waals surface area contributed by atoms with Gasteiger partial charge in [-0.2, -0.15) is 5.10 Å². The molecule has 0 saturated heterocycles. The van der Waals surface area contributed by atoms with E-state index in [4.69, 9.17) is 0 Å². The Morgan fingerprint density at radius 3 is 2.78 bits per heavy atom. The van der Waals surface area contributed by atoms with Crippen LogP contribution in [0.5, 0.6) is 0 Å². The molecule has 0 bridgehead atoms. The van der Waals surface area contributed by atoms with Crippen LogP contribution in [0.4, 0.5) is 5.69 Å². The minimum absolute atomic E-state index is 0.462. The normalized spacial score (nSPS) is 27.2. The predicted octanol–water partition coefficient (Wildman–Crippen LogP) is 3.61. The molecule has 1 fully saturated rings. The van der Waals surface area contributed by atoms with E-state index in [0.717, 1.165) is 12.3 Å². The fourth-order valence-electron chi connectivity index (χ4n) is 3.59. The van der Waals surface area contributed by atoms with E-state index in [2.05, 4.69) is 44.3 Å². The zero-order chi connectivity index (χ0) is 13.3. The molecule has 1 aliphatic carbocycles. The number of aryl methyl sites for hydroxylation is 2. The minimum Gasteiger partial charge on any atom is -0.380 e. The third kappa shape index (κ3) is 3.06. The van der Waals surface area contributed by atoms with Crippen molar-refractivity contribution in [1.82, 2.24) is 9.78 Å². The van der Waals surface area contributed by atoms with Gasteiger partial charge in [-0.3, -0.25) is 4.68 Å². The molecule has 2 atom stereocenters. The first-order valence-electron chi connectivity index (χ1n) is 7.18. The maximum Gasteiger partial charge on any atom is 0.0853 e. The smallest absolute Gasteiger partial charge is 0.0853 e. The van der Waals surface area contributed by atoms with E-state index < -0.39 is 0 Å². The van der Waals surface area contributed by atoms with Gasteiger partial charge in [-0.25, -0.2) is 0 Å². The standard InChI is InChI=1S/C15H27N3/c1-6-13-14(10-18(5)17-13)16-12-7-11(2)8-15(3,4)9-12/h10-12,16H,6-9H2,1-5H3. The zero-order valence-electron chi connectivity index (χ0n) is 12.5. The predicted molar refractivity (Wildman–Crippen MR) is 76.8 cm³/mol. The van der Waals surface area contributed by atoms with Gasteiger partial charge in [0, 0.05) is 19.3 Å². The van der Waals surface area contributed by atoms with Crippen molar-refractivity contribution in [3.8, 4) is 0 Å². The SMILES string of the molecule is CCc1nn(C)cc1NC1CC(C)CC(C)(C)C1. The zero-order valence-corrected chi connectivity index (χ0v) is 12.5. The maximum atomic E-state index is 4.50. The van der Waals surface area contributed by atoms with Crippen LogP contribution in [0.25, 0.3) is 0 Å². The van der Waals surface area contributed by atoms with Crippen molar-refractivity contribution >= 4 is 5.69 Å². The van der Waals surface area contributed by atoms with Gasteiger partial charge >= 0.3 is 0 Å². The molecule has 1 heterocycles. The fraction of sp³-hybridized carbons (Fsp3) is 0.800. The summed E-state index contributed by atoms with van der Waals surface area (Å²) >= 11 is 0. The van der Waals surface area contributed by atoms with Gasteiger partial charge in [0.2, 0.25) is 0 Å². The Kier molecular flexibility index (Phi) is 3.69. The molecule has 1 saturated carbocycles. The van der Waals surface area contributed by atoms with E-state index >= 15 is 0 Å². The Hall–Kier alpha value is -0.990. The van der Waals surface area contributed by atoms with Crippen LogP contribution < -0.4 is 5.32 Å². The molecule has 1 aromatic heterocycles. The van der Waals surface area contributed by atoms with Gasteiger partial charge in [0.05, 0.1) is 11.4 Å². The van der Waals surface area contributed by atoms with Gasteiger partial charge in [0.25, 0.3) is 0 Å². The Balaban J connectivity index is 2.08. The Morgan fingerprint density at radius 1 is 1.44 bits per heavy atom. The Morgan fingerprint density at radius 2 is 2.17 bits per heavy atom. The molecule has 1 N–H and O–H groups in total. The van der Waals surface area contributed by atoms with Crippen molar-refractivity contribution in [3.05, 3.63) is 11.9 Å². The summed E-state index contributed by atoms with van der Waals surface area (Å²) in [7, 11) is 2.00. The lowest BCUT2D eigenvalue weighted by molar-refractivity contribution is 0.178. The molecule has 0 aromatic carbocycles. The van der Waals surface area contributed by atoms with E-state index in [0.29, 0.717) is 11.5 Å². The van der Waals surface area contributed by atoms with Gasteiger partial charge < -0.3 is 5.32 Å². The topological polar surface area (TPSA) is 29.9 Å². The number of anilines is 1. The summed E-state index contributed by atoms with van der Waals surface area (Å²) in [6.45, 7) is 9.32. The highest BCUT2D eigenvalue weighted by atomic mass is 15.3. The number of aromatic nitrogens is 2. The van der Waals surface area contributed by atoms with Crippen LogP contribution >= 0.6 is 0 Å². The highest BCUT2D eigenvalue weighted by Crippen LogP contribution is 2.39. The quantitative estimate of drug-likeness (QED) is 0.887. The lowest BCUT2D eigenvalue weighted by atomic mass is 9.70. The van der Waals surface area contributed by atoms with Crippen LogP contribution in [0.2, 0.25) is 0 Å². The third-order valence-electron chi connectivity index (χ3n) is 3.99. The number of hydrogen-bond acceptors (Lipinski definition) is 2. The summed E-state index contributed by atoms with van der Waals surface area (Å²) in [6, 6.07) is 0.596. The molecule has 1 aromatic rings. The maximum absolute atomic E-state index is 4.50. The summed E-state index contributed by atoms with van der Waals surface area (Å²) in [6.07, 6.45) is 7.00. The van der Waals surface area contributed by atoms with Crippen molar-refractivity contribution in [1.29, 1.82) is 0 Å². The van der Waals surface area contributed by atoms with Gasteiger partial charge in [0.15, 0.2) is 0 Å². The second kappa shape index (κ2) is 4.94. The van der Waals surface area contributed by atoms with Crippen LogP contribution in [0, 0.1) is 11.3 Å². The second-order valence-corrected chi connectivity index (χ2v) is 6.77. The molecule has 3 nitrogen and oxygen atoms in total. The van der Waals surface area contributed by atoms with Crippen molar-refractivity contribution in [2.24, 2.45) is 18.4 Å². The average molecular weight is 249 g/mol. The number of nitrogens with one attached hydrogen (secondary N) is 1. The lowest BCUT2D eigenvalue weighted by Crippen LogP contribution is -2.35. The van der Waals surface area contributed by atoms with Gasteiger partial charge in [-0.05, 0) is 37.0 Å². The fourth-order valence-corrected chi connectivity index (χ4v) is 3.59. The largest absolute Gasteiger partial charge is 0.380 e. The molecule has 2 unspecified atom stereocenters. The van der Waals surface area contributed by atoms with E-state index in [1.165, 1.54) is 30.6 Å². The molecule has 0 amide bonds. The van der Waals surface area contributed by atoms with Crippen LogP contribution in [0.1, 0.15) is 52.7 Å². The molecule has 0 aliphatic heterocycles. The molecule has 3 heteroatoms. The molecular formula is C15H27N3. The molecule has 2 rings (SSSR count). The molecule has 0 spiro atoms. The number of nitrogens with zero attached hydrogens (tertiary/aromatic N) is 2. The van der Waals surface area contributed by atoms with Crippen LogP contribution in [-0.4, -0.2) is 15.8 Å². The highest BCUT2D eigenvalue weighted by molar-refractivity contribution is 5.47. The molecule has 0 radical (unpaired) electrons. The van der Waals surface area contributed by atoms with Crippen molar-refractivity contribution in [2.75, 3.05) is 5.32 Å².